The summed E-state index contributed by atoms with van der Waals surface area (Å²) in [4.78, 5) is 30.7. The molecule has 0 spiro atoms. The number of rotatable bonds is 4. The van der Waals surface area contributed by atoms with Crippen LogP contribution in [-0.2, 0) is 9.59 Å². The number of hydrogen-bond donors (Lipinski definition) is 1. The molecule has 3 rings (SSSR count). The molecule has 0 saturated carbocycles. The lowest BCUT2D eigenvalue weighted by atomic mass is 10.1. The maximum atomic E-state index is 12.6. The lowest BCUT2D eigenvalue weighted by molar-refractivity contribution is -0.120. The predicted molar refractivity (Wildman–Crippen MR) is 109 cm³/mol. The average molecular weight is 382 g/mol. The molecule has 0 bridgehead atoms. The van der Waals surface area contributed by atoms with Gasteiger partial charge in [0, 0.05) is 18.5 Å². The van der Waals surface area contributed by atoms with Crippen LogP contribution in [0, 0.1) is 13.8 Å². The predicted octanol–water partition coefficient (Wildman–Crippen LogP) is 4.50. The van der Waals surface area contributed by atoms with E-state index in [4.69, 9.17) is 11.6 Å². The first-order chi connectivity index (χ1) is 12.9. The zero-order valence-corrected chi connectivity index (χ0v) is 16.2. The molecule has 3 aromatic rings. The standard InChI is InChI=1S/C21H20ClN3O2/c1-13-10-14(2)20(17(22)11-13)24-19(27)12-25(15(3)26)18-8-4-6-16-7-5-9-23-21(16)18/h4-11H,12H2,1-3H3,(H,24,27). The lowest BCUT2D eigenvalue weighted by Gasteiger charge is -2.22. The molecule has 0 radical (unpaired) electrons. The van der Waals surface area contributed by atoms with E-state index in [9.17, 15) is 9.59 Å². The maximum Gasteiger partial charge on any atom is 0.244 e. The van der Waals surface area contributed by atoms with Crippen LogP contribution in [-0.4, -0.2) is 23.3 Å². The molecule has 0 atom stereocenters. The number of aryl methyl sites for hydroxylation is 2. The summed E-state index contributed by atoms with van der Waals surface area (Å²) >= 11 is 6.27. The second-order valence-corrected chi connectivity index (χ2v) is 6.85. The quantitative estimate of drug-likeness (QED) is 0.723. The van der Waals surface area contributed by atoms with E-state index in [0.29, 0.717) is 21.9 Å². The van der Waals surface area contributed by atoms with Gasteiger partial charge in [-0.05, 0) is 43.2 Å². The molecule has 6 heteroatoms. The zero-order chi connectivity index (χ0) is 19.6. The number of pyridine rings is 1. The van der Waals surface area contributed by atoms with Gasteiger partial charge in [-0.15, -0.1) is 0 Å². The summed E-state index contributed by atoms with van der Waals surface area (Å²) in [6.45, 7) is 5.12. The summed E-state index contributed by atoms with van der Waals surface area (Å²) in [6, 6.07) is 13.0. The molecule has 0 fully saturated rings. The van der Waals surface area contributed by atoms with E-state index in [-0.39, 0.29) is 18.4 Å². The van der Waals surface area contributed by atoms with E-state index < -0.39 is 0 Å². The fourth-order valence-electron chi connectivity index (χ4n) is 3.07. The van der Waals surface area contributed by atoms with Crippen molar-refractivity contribution in [2.75, 3.05) is 16.8 Å². The van der Waals surface area contributed by atoms with E-state index >= 15 is 0 Å². The topological polar surface area (TPSA) is 62.3 Å². The smallest absolute Gasteiger partial charge is 0.244 e. The maximum absolute atomic E-state index is 12.6. The summed E-state index contributed by atoms with van der Waals surface area (Å²) in [5.74, 6) is -0.568. The van der Waals surface area contributed by atoms with Crippen molar-refractivity contribution >= 4 is 45.7 Å². The fourth-order valence-corrected chi connectivity index (χ4v) is 3.44. The minimum atomic E-state index is -0.327. The summed E-state index contributed by atoms with van der Waals surface area (Å²) in [5, 5.41) is 4.20. The van der Waals surface area contributed by atoms with Gasteiger partial charge >= 0.3 is 0 Å². The molecule has 2 aromatic carbocycles. The molecule has 0 aliphatic carbocycles. The van der Waals surface area contributed by atoms with E-state index in [1.54, 1.807) is 18.3 Å². The van der Waals surface area contributed by atoms with E-state index in [1.165, 1.54) is 11.8 Å². The first-order valence-corrected chi connectivity index (χ1v) is 8.93. The Morgan fingerprint density at radius 1 is 1.15 bits per heavy atom. The third-order valence-electron chi connectivity index (χ3n) is 4.28. The van der Waals surface area contributed by atoms with Crippen molar-refractivity contribution < 1.29 is 9.59 Å². The molecule has 27 heavy (non-hydrogen) atoms. The summed E-state index contributed by atoms with van der Waals surface area (Å²) in [7, 11) is 0. The van der Waals surface area contributed by atoms with Crippen molar-refractivity contribution in [3.8, 4) is 0 Å². The Bertz CT molecular complexity index is 1000. The zero-order valence-electron chi connectivity index (χ0n) is 15.4. The summed E-state index contributed by atoms with van der Waals surface area (Å²) in [5.41, 5.74) is 3.72. The van der Waals surface area contributed by atoms with Gasteiger partial charge in [0.15, 0.2) is 0 Å². The Morgan fingerprint density at radius 3 is 2.59 bits per heavy atom. The van der Waals surface area contributed by atoms with Gasteiger partial charge in [0.05, 0.1) is 21.9 Å². The number of nitrogens with one attached hydrogen (secondary N) is 1. The Balaban J connectivity index is 1.89. The number of halogens is 1. The highest BCUT2D eigenvalue weighted by Gasteiger charge is 2.19. The van der Waals surface area contributed by atoms with Crippen molar-refractivity contribution in [3.63, 3.8) is 0 Å². The van der Waals surface area contributed by atoms with Gasteiger partial charge in [0.2, 0.25) is 11.8 Å². The summed E-state index contributed by atoms with van der Waals surface area (Å²) < 4.78 is 0. The number of anilines is 2. The van der Waals surface area contributed by atoms with Gasteiger partial charge < -0.3 is 10.2 Å². The molecular weight excluding hydrogens is 362 g/mol. The van der Waals surface area contributed by atoms with Crippen LogP contribution in [0.4, 0.5) is 11.4 Å². The SMILES string of the molecule is CC(=O)N(CC(=O)Nc1c(C)cc(C)cc1Cl)c1cccc2cccnc12. The van der Waals surface area contributed by atoms with Gasteiger partial charge in [-0.25, -0.2) is 0 Å². The van der Waals surface area contributed by atoms with E-state index in [2.05, 4.69) is 10.3 Å². The molecule has 0 unspecified atom stereocenters. The van der Waals surface area contributed by atoms with E-state index in [0.717, 1.165) is 16.5 Å². The number of aromatic nitrogens is 1. The van der Waals surface area contributed by atoms with Gasteiger partial charge in [0.1, 0.15) is 6.54 Å². The van der Waals surface area contributed by atoms with Crippen LogP contribution in [0.3, 0.4) is 0 Å². The molecule has 138 valence electrons. The minimum absolute atomic E-state index is 0.130. The second kappa shape index (κ2) is 7.76. The Labute approximate surface area is 163 Å². The van der Waals surface area contributed by atoms with Crippen LogP contribution in [0.15, 0.2) is 48.7 Å². The first kappa shape index (κ1) is 18.9. The Morgan fingerprint density at radius 2 is 1.89 bits per heavy atom. The third kappa shape index (κ3) is 4.09. The molecule has 2 amide bonds. The highest BCUT2D eigenvalue weighted by Crippen LogP contribution is 2.28. The van der Waals surface area contributed by atoms with Crippen LogP contribution >= 0.6 is 11.6 Å². The van der Waals surface area contributed by atoms with Gasteiger partial charge in [-0.2, -0.15) is 0 Å². The molecule has 1 heterocycles. The molecule has 1 aromatic heterocycles. The number of benzene rings is 2. The van der Waals surface area contributed by atoms with Crippen molar-refractivity contribution in [1.82, 2.24) is 4.98 Å². The number of nitrogens with zero attached hydrogens (tertiary/aromatic N) is 2. The van der Waals surface area contributed by atoms with Gasteiger partial charge in [0.25, 0.3) is 0 Å². The van der Waals surface area contributed by atoms with Crippen molar-refractivity contribution in [3.05, 3.63) is 64.8 Å². The molecule has 5 nitrogen and oxygen atoms in total. The van der Waals surface area contributed by atoms with E-state index in [1.807, 2.05) is 44.2 Å². The van der Waals surface area contributed by atoms with Gasteiger partial charge in [-0.1, -0.05) is 35.9 Å². The number of carbonyl (C=O) groups is 2. The normalized spacial score (nSPS) is 10.7. The van der Waals surface area contributed by atoms with Crippen LogP contribution in [0.25, 0.3) is 10.9 Å². The van der Waals surface area contributed by atoms with Crippen molar-refractivity contribution in [2.24, 2.45) is 0 Å². The highest BCUT2D eigenvalue weighted by atomic mass is 35.5. The first-order valence-electron chi connectivity index (χ1n) is 8.55. The minimum Gasteiger partial charge on any atom is -0.323 e. The molecule has 0 aliphatic heterocycles. The molecule has 0 saturated heterocycles. The molecule has 1 N–H and O–H groups in total. The molecule has 0 aliphatic rings. The monoisotopic (exact) mass is 381 g/mol. The second-order valence-electron chi connectivity index (χ2n) is 6.44. The average Bonchev–Trinajstić information content (AvgIpc) is 2.62. The van der Waals surface area contributed by atoms with Crippen molar-refractivity contribution in [1.29, 1.82) is 0 Å². The highest BCUT2D eigenvalue weighted by molar-refractivity contribution is 6.34. The number of amides is 2. The Hall–Kier alpha value is -2.92. The largest absolute Gasteiger partial charge is 0.323 e. The van der Waals surface area contributed by atoms with Crippen molar-refractivity contribution in [2.45, 2.75) is 20.8 Å². The van der Waals surface area contributed by atoms with Crippen LogP contribution in [0.1, 0.15) is 18.1 Å². The van der Waals surface area contributed by atoms with Crippen LogP contribution < -0.4 is 10.2 Å². The Kier molecular flexibility index (Phi) is 5.42. The lowest BCUT2D eigenvalue weighted by Crippen LogP contribution is -2.37. The number of carbonyl (C=O) groups excluding carboxylic acids is 2. The number of hydrogen-bond acceptors (Lipinski definition) is 3. The van der Waals surface area contributed by atoms with Gasteiger partial charge in [-0.3, -0.25) is 14.6 Å². The third-order valence-corrected chi connectivity index (χ3v) is 4.58. The van der Waals surface area contributed by atoms with Crippen LogP contribution in [0.2, 0.25) is 5.02 Å². The summed E-state index contributed by atoms with van der Waals surface area (Å²) in [6.07, 6.45) is 1.67. The van der Waals surface area contributed by atoms with Crippen LogP contribution in [0.5, 0.6) is 0 Å². The fraction of sp³-hybridized carbons (Fsp3) is 0.190. The molecular formula is C21H20ClN3O2. The number of fused-ring (bicyclic) bond motifs is 1. The number of para-hydroxylation sites is 1.